The lowest BCUT2D eigenvalue weighted by atomic mass is 10.1. The zero-order valence-electron chi connectivity index (χ0n) is 14.7. The Morgan fingerprint density at radius 2 is 2.08 bits per heavy atom. The maximum atomic E-state index is 12.3. The van der Waals surface area contributed by atoms with Gasteiger partial charge in [0.15, 0.2) is 5.78 Å². The van der Waals surface area contributed by atoms with E-state index in [1.165, 1.54) is 6.92 Å². The van der Waals surface area contributed by atoms with E-state index in [1.54, 1.807) is 35.9 Å². The maximum absolute atomic E-state index is 12.3. The van der Waals surface area contributed by atoms with Gasteiger partial charge in [-0.15, -0.1) is 11.3 Å². The number of rotatable bonds is 6. The molecule has 0 aliphatic heterocycles. The molecule has 0 saturated heterocycles. The fraction of sp³-hybridized carbons (Fsp3) is 0.200. The number of amides is 1. The van der Waals surface area contributed by atoms with Crippen molar-refractivity contribution < 1.29 is 9.59 Å². The van der Waals surface area contributed by atoms with Gasteiger partial charge in [-0.2, -0.15) is 0 Å². The first-order valence-electron chi connectivity index (χ1n) is 8.29. The van der Waals surface area contributed by atoms with Gasteiger partial charge < -0.3 is 5.32 Å². The van der Waals surface area contributed by atoms with E-state index in [4.69, 9.17) is 0 Å². The van der Waals surface area contributed by atoms with E-state index < -0.39 is 0 Å². The van der Waals surface area contributed by atoms with E-state index >= 15 is 0 Å². The molecule has 0 spiro atoms. The molecule has 0 radical (unpaired) electrons. The van der Waals surface area contributed by atoms with Crippen molar-refractivity contribution in [1.82, 2.24) is 9.97 Å². The van der Waals surface area contributed by atoms with Gasteiger partial charge in [-0.05, 0) is 44.0 Å². The molecule has 0 bridgehead atoms. The molecule has 0 unspecified atom stereocenters. The van der Waals surface area contributed by atoms with E-state index in [9.17, 15) is 9.59 Å². The Balaban J connectivity index is 1.61. The fourth-order valence-electron chi connectivity index (χ4n) is 2.47. The van der Waals surface area contributed by atoms with E-state index in [1.807, 2.05) is 30.5 Å². The van der Waals surface area contributed by atoms with Gasteiger partial charge in [-0.3, -0.25) is 14.6 Å². The molecule has 1 aromatic carbocycles. The molecule has 2 heterocycles. The number of benzene rings is 1. The van der Waals surface area contributed by atoms with Crippen molar-refractivity contribution >= 4 is 28.7 Å². The molecule has 0 fully saturated rings. The van der Waals surface area contributed by atoms with Crippen LogP contribution in [0.4, 0.5) is 5.69 Å². The van der Waals surface area contributed by atoms with Crippen LogP contribution < -0.4 is 5.32 Å². The number of hydrogen-bond acceptors (Lipinski definition) is 5. The molecule has 0 aliphatic rings. The van der Waals surface area contributed by atoms with Gasteiger partial charge in [-0.1, -0.05) is 12.1 Å². The number of nitrogens with zero attached hydrogens (tertiary/aromatic N) is 2. The number of pyridine rings is 1. The Kier molecular flexibility index (Phi) is 5.53. The number of nitrogens with one attached hydrogen (secondary N) is 1. The third kappa shape index (κ3) is 4.40. The lowest BCUT2D eigenvalue weighted by Crippen LogP contribution is -2.13. The predicted molar refractivity (Wildman–Crippen MR) is 103 cm³/mol. The van der Waals surface area contributed by atoms with Crippen LogP contribution in [0, 0.1) is 6.92 Å². The summed E-state index contributed by atoms with van der Waals surface area (Å²) >= 11 is 1.55. The summed E-state index contributed by atoms with van der Waals surface area (Å²) in [5.74, 6) is -0.115. The van der Waals surface area contributed by atoms with Crippen molar-refractivity contribution in [2.45, 2.75) is 26.7 Å². The molecule has 6 heteroatoms. The van der Waals surface area contributed by atoms with E-state index in [-0.39, 0.29) is 11.7 Å². The standard InChI is InChI=1S/C20H19N3O2S/c1-13-5-6-15(14(2)24)10-18(13)23-19(25)8-7-17-12-26-20(22-17)16-4-3-9-21-11-16/h3-6,9-12H,7-8H2,1-2H3,(H,23,25). The van der Waals surface area contributed by atoms with Gasteiger partial charge in [0.1, 0.15) is 5.01 Å². The molecular weight excluding hydrogens is 346 g/mol. The summed E-state index contributed by atoms with van der Waals surface area (Å²) in [5, 5.41) is 5.76. The fourth-order valence-corrected chi connectivity index (χ4v) is 3.32. The van der Waals surface area contributed by atoms with Crippen LogP contribution in [0.15, 0.2) is 48.1 Å². The molecule has 26 heavy (non-hydrogen) atoms. The topological polar surface area (TPSA) is 72.0 Å². The van der Waals surface area contributed by atoms with Gasteiger partial charge >= 0.3 is 0 Å². The number of thiazole rings is 1. The number of carbonyl (C=O) groups excluding carboxylic acids is 2. The van der Waals surface area contributed by atoms with Gasteiger partial charge in [0.05, 0.1) is 5.69 Å². The largest absolute Gasteiger partial charge is 0.326 e. The Hall–Kier alpha value is -2.86. The molecule has 0 saturated carbocycles. The lowest BCUT2D eigenvalue weighted by molar-refractivity contribution is -0.116. The predicted octanol–water partition coefficient (Wildman–Crippen LogP) is 4.29. The summed E-state index contributed by atoms with van der Waals surface area (Å²) in [5.41, 5.74) is 4.06. The number of ketones is 1. The SMILES string of the molecule is CC(=O)c1ccc(C)c(NC(=O)CCc2csc(-c3cccnc3)n2)c1. The van der Waals surface area contributed by atoms with Gasteiger partial charge in [0, 0.05) is 41.0 Å². The van der Waals surface area contributed by atoms with Gasteiger partial charge in [0.25, 0.3) is 0 Å². The Morgan fingerprint density at radius 3 is 2.81 bits per heavy atom. The monoisotopic (exact) mass is 365 g/mol. The molecule has 0 aliphatic carbocycles. The van der Waals surface area contributed by atoms with Crippen molar-refractivity contribution in [3.63, 3.8) is 0 Å². The van der Waals surface area contributed by atoms with Crippen molar-refractivity contribution in [2.24, 2.45) is 0 Å². The molecule has 5 nitrogen and oxygen atoms in total. The summed E-state index contributed by atoms with van der Waals surface area (Å²) in [6.45, 7) is 3.42. The second-order valence-electron chi connectivity index (χ2n) is 6.02. The van der Waals surface area contributed by atoms with E-state index in [0.29, 0.717) is 24.1 Å². The second-order valence-corrected chi connectivity index (χ2v) is 6.88. The van der Waals surface area contributed by atoms with Gasteiger partial charge in [-0.25, -0.2) is 4.98 Å². The summed E-state index contributed by atoms with van der Waals surface area (Å²) in [4.78, 5) is 32.4. The molecular formula is C20H19N3O2S. The van der Waals surface area contributed by atoms with Crippen molar-refractivity contribution in [3.8, 4) is 10.6 Å². The third-order valence-corrected chi connectivity index (χ3v) is 4.93. The van der Waals surface area contributed by atoms with Crippen LogP contribution in [0.25, 0.3) is 10.6 Å². The minimum atomic E-state index is -0.0928. The number of carbonyl (C=O) groups is 2. The van der Waals surface area contributed by atoms with Crippen LogP contribution in [0.3, 0.4) is 0 Å². The zero-order valence-corrected chi connectivity index (χ0v) is 15.5. The minimum Gasteiger partial charge on any atom is -0.326 e. The van der Waals surface area contributed by atoms with Crippen molar-refractivity contribution in [3.05, 3.63) is 64.9 Å². The highest BCUT2D eigenvalue weighted by Crippen LogP contribution is 2.23. The van der Waals surface area contributed by atoms with E-state index in [2.05, 4.69) is 15.3 Å². The number of Topliss-reactive ketones (excluding diaryl/α,β-unsaturated/α-hetero) is 1. The smallest absolute Gasteiger partial charge is 0.224 e. The number of aryl methyl sites for hydroxylation is 2. The average Bonchev–Trinajstić information content (AvgIpc) is 3.11. The average molecular weight is 365 g/mol. The maximum Gasteiger partial charge on any atom is 0.224 e. The first-order valence-corrected chi connectivity index (χ1v) is 9.17. The summed E-state index contributed by atoms with van der Waals surface area (Å²) in [6, 6.07) is 9.17. The van der Waals surface area contributed by atoms with Crippen LogP contribution in [-0.4, -0.2) is 21.7 Å². The van der Waals surface area contributed by atoms with Crippen LogP contribution in [0.2, 0.25) is 0 Å². The highest BCUT2D eigenvalue weighted by atomic mass is 32.1. The minimum absolute atomic E-state index is 0.0223. The lowest BCUT2D eigenvalue weighted by Gasteiger charge is -2.09. The van der Waals surface area contributed by atoms with Crippen LogP contribution in [-0.2, 0) is 11.2 Å². The highest BCUT2D eigenvalue weighted by Gasteiger charge is 2.10. The zero-order chi connectivity index (χ0) is 18.5. The van der Waals surface area contributed by atoms with Crippen molar-refractivity contribution in [1.29, 1.82) is 0 Å². The van der Waals surface area contributed by atoms with Gasteiger partial charge in [0.2, 0.25) is 5.91 Å². The van der Waals surface area contributed by atoms with Crippen LogP contribution in [0.1, 0.15) is 35.0 Å². The van der Waals surface area contributed by atoms with Crippen LogP contribution in [0.5, 0.6) is 0 Å². The summed E-state index contributed by atoms with van der Waals surface area (Å²) in [6.07, 6.45) is 4.40. The summed E-state index contributed by atoms with van der Waals surface area (Å²) in [7, 11) is 0. The molecule has 1 N–H and O–H groups in total. The first kappa shape index (κ1) is 17.9. The first-order chi connectivity index (χ1) is 12.5. The normalized spacial score (nSPS) is 10.5. The summed E-state index contributed by atoms with van der Waals surface area (Å²) < 4.78 is 0. The van der Waals surface area contributed by atoms with Crippen molar-refractivity contribution in [2.75, 3.05) is 5.32 Å². The number of aromatic nitrogens is 2. The molecule has 132 valence electrons. The second kappa shape index (κ2) is 8.01. The molecule has 2 aromatic heterocycles. The highest BCUT2D eigenvalue weighted by molar-refractivity contribution is 7.13. The van der Waals surface area contributed by atoms with E-state index in [0.717, 1.165) is 21.8 Å². The Morgan fingerprint density at radius 1 is 1.23 bits per heavy atom. The molecule has 3 rings (SSSR count). The number of hydrogen-bond donors (Lipinski definition) is 1. The molecule has 1 amide bonds. The Bertz CT molecular complexity index is 935. The molecule has 3 aromatic rings. The quantitative estimate of drug-likeness (QED) is 0.662. The number of anilines is 1. The van der Waals surface area contributed by atoms with Crippen LogP contribution >= 0.6 is 11.3 Å². The molecule has 0 atom stereocenters. The third-order valence-electron chi connectivity index (χ3n) is 3.99. The Labute approximate surface area is 156 Å².